The zero-order chi connectivity index (χ0) is 16.6. The number of carbonyl (C=O) groups excluding carboxylic acids is 1. The van der Waals surface area contributed by atoms with E-state index in [2.05, 4.69) is 4.98 Å². The van der Waals surface area contributed by atoms with Crippen molar-refractivity contribution in [1.82, 2.24) is 19.4 Å². The van der Waals surface area contributed by atoms with E-state index in [0.717, 1.165) is 0 Å². The van der Waals surface area contributed by atoms with Crippen LogP contribution in [-0.4, -0.2) is 74.6 Å². The van der Waals surface area contributed by atoms with Gasteiger partial charge in [-0.3, -0.25) is 9.69 Å². The largest absolute Gasteiger partial charge is 0.395 e. The number of amides is 1. The molecule has 0 radical (unpaired) electrons. The maximum absolute atomic E-state index is 13.6. The molecule has 3 heterocycles. The predicted molar refractivity (Wildman–Crippen MR) is 79.3 cm³/mol. The van der Waals surface area contributed by atoms with E-state index in [4.69, 9.17) is 0 Å². The van der Waals surface area contributed by atoms with Crippen molar-refractivity contribution in [2.24, 2.45) is 7.05 Å². The molecule has 2 saturated heterocycles. The lowest BCUT2D eigenvalue weighted by atomic mass is 10.0. The molecule has 0 spiro atoms. The van der Waals surface area contributed by atoms with Gasteiger partial charge in [-0.25, -0.2) is 13.8 Å². The number of piperidine rings is 1. The number of hydrogen-bond donors (Lipinski definition) is 1. The molecule has 0 aliphatic carbocycles. The first-order valence-electron chi connectivity index (χ1n) is 7.91. The third-order valence-electron chi connectivity index (χ3n) is 4.88. The Morgan fingerprint density at radius 1 is 1.43 bits per heavy atom. The maximum Gasteiger partial charge on any atom is 0.272 e. The second-order valence-electron chi connectivity index (χ2n) is 6.48. The summed E-state index contributed by atoms with van der Waals surface area (Å²) in [6.45, 7) is 0.534. The highest BCUT2D eigenvalue weighted by Crippen LogP contribution is 2.35. The van der Waals surface area contributed by atoms with Crippen molar-refractivity contribution in [2.45, 2.75) is 37.3 Å². The number of aryl methyl sites for hydroxylation is 1. The summed E-state index contributed by atoms with van der Waals surface area (Å²) >= 11 is 0. The summed E-state index contributed by atoms with van der Waals surface area (Å²) in [6, 6.07) is -0.481. The number of aliphatic hydroxyl groups excluding tert-OH is 1. The monoisotopic (exact) mass is 328 g/mol. The Morgan fingerprint density at radius 3 is 2.70 bits per heavy atom. The van der Waals surface area contributed by atoms with Crippen molar-refractivity contribution >= 4 is 5.91 Å². The first-order chi connectivity index (χ1) is 10.9. The molecule has 6 nitrogen and oxygen atoms in total. The van der Waals surface area contributed by atoms with Gasteiger partial charge < -0.3 is 14.6 Å². The van der Waals surface area contributed by atoms with Crippen molar-refractivity contribution in [1.29, 1.82) is 0 Å². The quantitative estimate of drug-likeness (QED) is 0.888. The maximum atomic E-state index is 13.6. The van der Waals surface area contributed by atoms with E-state index >= 15 is 0 Å². The number of aliphatic hydroxyl groups is 1. The van der Waals surface area contributed by atoms with E-state index in [1.807, 2.05) is 0 Å². The van der Waals surface area contributed by atoms with Crippen molar-refractivity contribution < 1.29 is 18.7 Å². The molecule has 2 aliphatic heterocycles. The molecule has 128 valence electrons. The molecule has 0 unspecified atom stereocenters. The van der Waals surface area contributed by atoms with Crippen LogP contribution in [0.15, 0.2) is 12.5 Å². The van der Waals surface area contributed by atoms with E-state index in [-0.39, 0.29) is 31.5 Å². The molecular weight excluding hydrogens is 306 g/mol. The summed E-state index contributed by atoms with van der Waals surface area (Å²) in [5, 5.41) is 9.35. The van der Waals surface area contributed by atoms with Gasteiger partial charge in [-0.1, -0.05) is 0 Å². The summed E-state index contributed by atoms with van der Waals surface area (Å²) < 4.78 is 28.9. The zero-order valence-electron chi connectivity index (χ0n) is 13.2. The molecular formula is C15H22F2N4O2. The minimum Gasteiger partial charge on any atom is -0.395 e. The number of halogens is 2. The van der Waals surface area contributed by atoms with Gasteiger partial charge in [0.1, 0.15) is 5.69 Å². The second kappa shape index (κ2) is 6.16. The Hall–Kier alpha value is -1.54. The number of hydrogen-bond acceptors (Lipinski definition) is 4. The van der Waals surface area contributed by atoms with E-state index < -0.39 is 12.0 Å². The Bertz CT molecular complexity index is 570. The lowest BCUT2D eigenvalue weighted by molar-refractivity contribution is 0.00292. The molecule has 23 heavy (non-hydrogen) atoms. The van der Waals surface area contributed by atoms with Gasteiger partial charge in [0.05, 0.1) is 25.7 Å². The molecule has 2 aliphatic rings. The SMILES string of the molecule is Cn1cncc1C(=O)N1CCC(N2CC(F)(F)C[C@H]2CO)CC1. The fraction of sp³-hybridized carbons (Fsp3) is 0.733. The van der Waals surface area contributed by atoms with Crippen LogP contribution < -0.4 is 0 Å². The minimum absolute atomic E-state index is 0.00360. The molecule has 1 N–H and O–H groups in total. The summed E-state index contributed by atoms with van der Waals surface area (Å²) in [5.41, 5.74) is 0.532. The van der Waals surface area contributed by atoms with E-state index in [9.17, 15) is 18.7 Å². The number of rotatable bonds is 3. The molecule has 1 atom stereocenters. The number of alkyl halides is 2. The van der Waals surface area contributed by atoms with Crippen molar-refractivity contribution in [3.05, 3.63) is 18.2 Å². The highest BCUT2D eigenvalue weighted by Gasteiger charge is 2.47. The third-order valence-corrected chi connectivity index (χ3v) is 4.88. The predicted octanol–water partition coefficient (Wildman–Crippen LogP) is 0.727. The van der Waals surface area contributed by atoms with Crippen LogP contribution in [0.2, 0.25) is 0 Å². The number of aromatic nitrogens is 2. The van der Waals surface area contributed by atoms with Gasteiger partial charge in [0.2, 0.25) is 0 Å². The molecule has 3 rings (SSSR count). The third kappa shape index (κ3) is 3.23. The Labute approximate surface area is 133 Å². The second-order valence-corrected chi connectivity index (χ2v) is 6.48. The first-order valence-corrected chi connectivity index (χ1v) is 7.91. The van der Waals surface area contributed by atoms with Crippen LogP contribution in [0.25, 0.3) is 0 Å². The standard InChI is InChI=1S/C15H22F2N4O2/c1-19-10-18-7-13(19)14(23)20-4-2-11(3-5-20)21-9-15(16,17)6-12(21)8-22/h7,10-12,22H,2-6,8-9H2,1H3/t12-/m0/s1. The van der Waals surface area contributed by atoms with Gasteiger partial charge in [-0.15, -0.1) is 0 Å². The highest BCUT2D eigenvalue weighted by molar-refractivity contribution is 5.92. The fourth-order valence-electron chi connectivity index (χ4n) is 3.65. The Balaban J connectivity index is 1.60. The van der Waals surface area contributed by atoms with Crippen molar-refractivity contribution in [2.75, 3.05) is 26.2 Å². The summed E-state index contributed by atoms with van der Waals surface area (Å²) in [4.78, 5) is 19.8. The van der Waals surface area contributed by atoms with Crippen molar-refractivity contribution in [3.63, 3.8) is 0 Å². The molecule has 0 bridgehead atoms. The van der Waals surface area contributed by atoms with Gasteiger partial charge in [-0.05, 0) is 12.8 Å². The summed E-state index contributed by atoms with van der Waals surface area (Å²) in [7, 11) is 1.77. The van der Waals surface area contributed by atoms with E-state index in [1.54, 1.807) is 27.7 Å². The number of likely N-dealkylation sites (tertiary alicyclic amines) is 2. The molecule has 0 aromatic carbocycles. The summed E-state index contributed by atoms with van der Waals surface area (Å²) in [5.74, 6) is -2.80. The minimum atomic E-state index is -2.73. The average Bonchev–Trinajstić information content (AvgIpc) is 3.09. The zero-order valence-corrected chi connectivity index (χ0v) is 13.2. The average molecular weight is 328 g/mol. The van der Waals surface area contributed by atoms with Gasteiger partial charge in [0, 0.05) is 38.6 Å². The molecule has 2 fully saturated rings. The van der Waals surface area contributed by atoms with E-state index in [1.165, 1.54) is 6.20 Å². The lowest BCUT2D eigenvalue weighted by Crippen LogP contribution is -2.49. The van der Waals surface area contributed by atoms with Crippen LogP contribution in [0, 0.1) is 0 Å². The molecule has 8 heteroatoms. The topological polar surface area (TPSA) is 61.6 Å². The van der Waals surface area contributed by atoms with Crippen LogP contribution in [0.3, 0.4) is 0 Å². The van der Waals surface area contributed by atoms with Crippen LogP contribution in [0.1, 0.15) is 29.8 Å². The first kappa shape index (κ1) is 16.3. The Kier molecular flexibility index (Phi) is 4.37. The van der Waals surface area contributed by atoms with E-state index in [0.29, 0.717) is 31.6 Å². The number of nitrogens with zero attached hydrogens (tertiary/aromatic N) is 4. The van der Waals surface area contributed by atoms with Gasteiger partial charge >= 0.3 is 0 Å². The fourth-order valence-corrected chi connectivity index (χ4v) is 3.65. The van der Waals surface area contributed by atoms with Crippen LogP contribution in [0.5, 0.6) is 0 Å². The molecule has 1 aromatic heterocycles. The Morgan fingerprint density at radius 2 is 2.13 bits per heavy atom. The molecule has 0 saturated carbocycles. The normalized spacial score (nSPS) is 25.9. The number of carbonyl (C=O) groups is 1. The van der Waals surface area contributed by atoms with Gasteiger partial charge in [0.25, 0.3) is 11.8 Å². The van der Waals surface area contributed by atoms with Crippen LogP contribution in [-0.2, 0) is 7.05 Å². The molecule has 1 amide bonds. The van der Waals surface area contributed by atoms with Gasteiger partial charge in [0.15, 0.2) is 0 Å². The molecule has 1 aromatic rings. The van der Waals surface area contributed by atoms with Crippen molar-refractivity contribution in [3.8, 4) is 0 Å². The smallest absolute Gasteiger partial charge is 0.272 e. The van der Waals surface area contributed by atoms with Crippen LogP contribution >= 0.6 is 0 Å². The van der Waals surface area contributed by atoms with Crippen LogP contribution in [0.4, 0.5) is 8.78 Å². The lowest BCUT2D eigenvalue weighted by Gasteiger charge is -2.38. The summed E-state index contributed by atoms with van der Waals surface area (Å²) in [6.07, 6.45) is 4.14. The highest BCUT2D eigenvalue weighted by atomic mass is 19.3. The number of imidazole rings is 1. The van der Waals surface area contributed by atoms with Gasteiger partial charge in [-0.2, -0.15) is 0 Å².